The van der Waals surface area contributed by atoms with Crippen molar-refractivity contribution in [3.63, 3.8) is 0 Å². The van der Waals surface area contributed by atoms with Gasteiger partial charge in [-0.05, 0) is 68.9 Å². The molecule has 35 heavy (non-hydrogen) atoms. The molecule has 0 unspecified atom stereocenters. The van der Waals surface area contributed by atoms with Gasteiger partial charge in [-0.15, -0.1) is 0 Å². The summed E-state index contributed by atoms with van der Waals surface area (Å²) in [6.45, 7) is 11.3. The molecule has 1 saturated heterocycles. The Morgan fingerprint density at radius 1 is 1.06 bits per heavy atom. The summed E-state index contributed by atoms with van der Waals surface area (Å²) in [4.78, 5) is 39.4. The van der Waals surface area contributed by atoms with Crippen LogP contribution in [0, 0.1) is 26.2 Å². The Hall–Kier alpha value is -3.35. The van der Waals surface area contributed by atoms with Crippen molar-refractivity contribution in [3.05, 3.63) is 64.2 Å². The first-order valence-corrected chi connectivity index (χ1v) is 12.3. The molecule has 1 aliphatic rings. The SMILES string of the molecule is CCC[C@H](NC(=O)N1C(=O)C(CC)(CC)[C@@H]1Oc1cc(C)c(C(=O)O)c(C)c1)c1ccc(C)cc1. The zero-order valence-electron chi connectivity index (χ0n) is 21.5. The number of carboxylic acids is 1. The van der Waals surface area contributed by atoms with Gasteiger partial charge in [-0.25, -0.2) is 14.5 Å². The van der Waals surface area contributed by atoms with E-state index in [0.29, 0.717) is 29.7 Å². The normalized spacial score (nSPS) is 17.5. The number of nitrogens with zero attached hydrogens (tertiary/aromatic N) is 1. The maximum absolute atomic E-state index is 13.4. The third kappa shape index (κ3) is 4.90. The molecule has 3 amide bonds. The molecule has 0 aromatic heterocycles. The van der Waals surface area contributed by atoms with Crippen LogP contribution in [0.5, 0.6) is 5.75 Å². The summed E-state index contributed by atoms with van der Waals surface area (Å²) >= 11 is 0. The van der Waals surface area contributed by atoms with Crippen molar-refractivity contribution in [2.45, 2.75) is 79.5 Å². The van der Waals surface area contributed by atoms with Crippen LogP contribution in [-0.4, -0.2) is 34.1 Å². The van der Waals surface area contributed by atoms with E-state index in [1.807, 2.05) is 45.0 Å². The van der Waals surface area contributed by atoms with Crippen molar-refractivity contribution in [1.82, 2.24) is 10.2 Å². The molecule has 1 fully saturated rings. The number of hydrogen-bond acceptors (Lipinski definition) is 4. The van der Waals surface area contributed by atoms with Crippen LogP contribution in [-0.2, 0) is 4.79 Å². The zero-order valence-corrected chi connectivity index (χ0v) is 21.5. The Bertz CT molecular complexity index is 1080. The standard InChI is InChI=1S/C28H36N2O5/c1-7-10-22(20-13-11-17(4)12-14-20)29-27(34)30-25(33)28(8-2,9-3)26(30)35-21-15-18(5)23(24(31)32)19(6)16-21/h11-16,22,26H,7-10H2,1-6H3,(H,29,34)(H,31,32)/t22-,26-/m0/s1. The third-order valence-electron chi connectivity index (χ3n) is 7.16. The fraction of sp³-hybridized carbons (Fsp3) is 0.464. The molecule has 0 radical (unpaired) electrons. The van der Waals surface area contributed by atoms with Crippen molar-refractivity contribution in [2.24, 2.45) is 5.41 Å². The van der Waals surface area contributed by atoms with Gasteiger partial charge in [0.05, 0.1) is 11.6 Å². The van der Waals surface area contributed by atoms with Crippen molar-refractivity contribution < 1.29 is 24.2 Å². The van der Waals surface area contributed by atoms with Gasteiger partial charge in [0, 0.05) is 0 Å². The molecule has 1 aliphatic heterocycles. The van der Waals surface area contributed by atoms with Gasteiger partial charge in [0.1, 0.15) is 11.2 Å². The number of aryl methyl sites for hydroxylation is 3. The molecule has 3 rings (SSSR count). The molecule has 0 spiro atoms. The van der Waals surface area contributed by atoms with Crippen LogP contribution in [0.1, 0.15) is 85.1 Å². The lowest BCUT2D eigenvalue weighted by Gasteiger charge is -2.53. The van der Waals surface area contributed by atoms with Crippen LogP contribution in [0.25, 0.3) is 0 Å². The van der Waals surface area contributed by atoms with Crippen LogP contribution < -0.4 is 10.1 Å². The lowest BCUT2D eigenvalue weighted by molar-refractivity contribution is -0.191. The zero-order chi connectivity index (χ0) is 25.9. The second-order valence-corrected chi connectivity index (χ2v) is 9.45. The van der Waals surface area contributed by atoms with Crippen LogP contribution in [0.15, 0.2) is 36.4 Å². The molecule has 0 aliphatic carbocycles. The third-order valence-corrected chi connectivity index (χ3v) is 7.16. The van der Waals surface area contributed by atoms with E-state index in [2.05, 4.69) is 12.2 Å². The number of likely N-dealkylation sites (tertiary alicyclic amines) is 1. The number of nitrogens with one attached hydrogen (secondary N) is 1. The lowest BCUT2D eigenvalue weighted by atomic mass is 9.72. The second kappa shape index (κ2) is 10.5. The molecule has 2 aromatic carbocycles. The summed E-state index contributed by atoms with van der Waals surface area (Å²) in [7, 11) is 0. The van der Waals surface area contributed by atoms with Crippen LogP contribution >= 0.6 is 0 Å². The van der Waals surface area contributed by atoms with E-state index in [0.717, 1.165) is 24.0 Å². The van der Waals surface area contributed by atoms with E-state index in [1.54, 1.807) is 26.0 Å². The van der Waals surface area contributed by atoms with Crippen LogP contribution in [0.3, 0.4) is 0 Å². The fourth-order valence-electron chi connectivity index (χ4n) is 4.99. The number of benzene rings is 2. The number of β-lactam (4-membered cyclic amide) rings is 1. The molecule has 1 heterocycles. The summed E-state index contributed by atoms with van der Waals surface area (Å²) in [5.41, 5.74) is 2.68. The largest absolute Gasteiger partial charge is 0.478 e. The highest BCUT2D eigenvalue weighted by Crippen LogP contribution is 2.46. The number of ether oxygens (including phenoxy) is 1. The van der Waals surface area contributed by atoms with Gasteiger partial charge in [-0.3, -0.25) is 4.79 Å². The Morgan fingerprint density at radius 2 is 1.63 bits per heavy atom. The first kappa shape index (κ1) is 26.3. The average Bonchev–Trinajstić information content (AvgIpc) is 2.79. The molecule has 2 aromatic rings. The first-order chi connectivity index (χ1) is 16.6. The second-order valence-electron chi connectivity index (χ2n) is 9.45. The van der Waals surface area contributed by atoms with E-state index in [-0.39, 0.29) is 17.5 Å². The first-order valence-electron chi connectivity index (χ1n) is 12.3. The number of carboxylic acid groups (broad SMARTS) is 1. The highest BCUT2D eigenvalue weighted by atomic mass is 16.5. The van der Waals surface area contributed by atoms with Gasteiger partial charge in [0.25, 0.3) is 0 Å². The summed E-state index contributed by atoms with van der Waals surface area (Å²) in [5, 5.41) is 12.5. The summed E-state index contributed by atoms with van der Waals surface area (Å²) < 4.78 is 6.26. The maximum Gasteiger partial charge on any atom is 0.336 e. The van der Waals surface area contributed by atoms with Crippen LogP contribution in [0.4, 0.5) is 4.79 Å². The fourth-order valence-corrected chi connectivity index (χ4v) is 4.99. The van der Waals surface area contributed by atoms with Gasteiger partial charge in [0.2, 0.25) is 5.91 Å². The van der Waals surface area contributed by atoms with Crippen LogP contribution in [0.2, 0.25) is 0 Å². The number of carbonyl (C=O) groups is 3. The van der Waals surface area contributed by atoms with E-state index in [9.17, 15) is 19.5 Å². The molecular formula is C28H36N2O5. The summed E-state index contributed by atoms with van der Waals surface area (Å²) in [6, 6.07) is 10.6. The predicted molar refractivity (Wildman–Crippen MR) is 135 cm³/mol. The molecule has 7 heteroatoms. The highest BCUT2D eigenvalue weighted by Gasteiger charge is 2.63. The number of amides is 3. The minimum atomic E-state index is -0.999. The maximum atomic E-state index is 13.4. The number of rotatable bonds is 9. The average molecular weight is 481 g/mol. The summed E-state index contributed by atoms with van der Waals surface area (Å²) in [5.74, 6) is -0.809. The molecule has 188 valence electrons. The number of imide groups is 1. The van der Waals surface area contributed by atoms with Crippen molar-refractivity contribution in [3.8, 4) is 5.75 Å². The monoisotopic (exact) mass is 480 g/mol. The van der Waals surface area contributed by atoms with E-state index in [4.69, 9.17) is 4.74 Å². The Morgan fingerprint density at radius 3 is 2.11 bits per heavy atom. The van der Waals surface area contributed by atoms with Gasteiger partial charge < -0.3 is 15.2 Å². The minimum absolute atomic E-state index is 0.223. The van der Waals surface area contributed by atoms with E-state index in [1.165, 1.54) is 4.90 Å². The number of hydrogen-bond donors (Lipinski definition) is 2. The Kier molecular flexibility index (Phi) is 7.88. The summed E-state index contributed by atoms with van der Waals surface area (Å²) in [6.07, 6.45) is 1.88. The van der Waals surface area contributed by atoms with Gasteiger partial charge in [0.15, 0.2) is 6.23 Å². The molecule has 2 N–H and O–H groups in total. The minimum Gasteiger partial charge on any atom is -0.478 e. The van der Waals surface area contributed by atoms with Gasteiger partial charge >= 0.3 is 12.0 Å². The van der Waals surface area contributed by atoms with Crippen molar-refractivity contribution in [2.75, 3.05) is 0 Å². The van der Waals surface area contributed by atoms with Crippen molar-refractivity contribution in [1.29, 1.82) is 0 Å². The van der Waals surface area contributed by atoms with Gasteiger partial charge in [-0.1, -0.05) is 57.0 Å². The topological polar surface area (TPSA) is 95.9 Å². The molecular weight excluding hydrogens is 444 g/mol. The van der Waals surface area contributed by atoms with E-state index < -0.39 is 23.6 Å². The molecule has 7 nitrogen and oxygen atoms in total. The molecule has 0 bridgehead atoms. The smallest absolute Gasteiger partial charge is 0.336 e. The Balaban J connectivity index is 1.90. The molecule has 0 saturated carbocycles. The highest BCUT2D eigenvalue weighted by molar-refractivity contribution is 6.03. The Labute approximate surface area is 207 Å². The predicted octanol–water partition coefficient (Wildman–Crippen LogP) is 5.91. The van der Waals surface area contributed by atoms with Gasteiger partial charge in [-0.2, -0.15) is 0 Å². The quantitative estimate of drug-likeness (QED) is 0.435. The number of aromatic carboxylic acids is 1. The van der Waals surface area contributed by atoms with Crippen molar-refractivity contribution >= 4 is 17.9 Å². The number of carbonyl (C=O) groups excluding carboxylic acids is 2. The number of urea groups is 1. The molecule has 2 atom stereocenters. The lowest BCUT2D eigenvalue weighted by Crippen LogP contribution is -2.73. The van der Waals surface area contributed by atoms with E-state index >= 15 is 0 Å².